The normalized spacial score (nSPS) is 23.0. The average molecular weight is 187 g/mol. The summed E-state index contributed by atoms with van der Waals surface area (Å²) in [7, 11) is 0. The lowest BCUT2D eigenvalue weighted by Gasteiger charge is -2.02. The zero-order valence-corrected chi connectivity index (χ0v) is 8.11. The summed E-state index contributed by atoms with van der Waals surface area (Å²) in [4.78, 5) is 11.2. The molecule has 1 aliphatic rings. The van der Waals surface area contributed by atoms with Crippen LogP contribution in [0.5, 0.6) is 0 Å². The van der Waals surface area contributed by atoms with E-state index >= 15 is 0 Å². The van der Waals surface area contributed by atoms with Gasteiger partial charge in [0.25, 0.3) is 0 Å². The van der Waals surface area contributed by atoms with Crippen molar-refractivity contribution < 1.29 is 9.53 Å². The fourth-order valence-electron chi connectivity index (χ4n) is 1.12. The zero-order valence-electron chi connectivity index (χ0n) is 7.29. The Hall–Kier alpha value is -0.640. The largest absolute Gasteiger partial charge is 0.463 e. The molecule has 12 heavy (non-hydrogen) atoms. The molecule has 1 rings (SSSR count). The van der Waals surface area contributed by atoms with Gasteiger partial charge in [0.2, 0.25) is 0 Å². The first-order valence-corrected chi connectivity index (χ1v) is 4.85. The van der Waals surface area contributed by atoms with Crippen molar-refractivity contribution in [2.24, 2.45) is 5.73 Å². The van der Waals surface area contributed by atoms with Gasteiger partial charge in [-0.1, -0.05) is 6.92 Å². The van der Waals surface area contributed by atoms with Gasteiger partial charge in [-0.15, -0.1) is 11.8 Å². The molecule has 0 radical (unpaired) electrons. The highest BCUT2D eigenvalue weighted by Crippen LogP contribution is 2.34. The first kappa shape index (κ1) is 9.45. The van der Waals surface area contributed by atoms with E-state index in [1.165, 1.54) is 11.8 Å². The lowest BCUT2D eigenvalue weighted by atomic mass is 10.2. The van der Waals surface area contributed by atoms with Crippen LogP contribution >= 0.6 is 11.8 Å². The molecule has 4 heteroatoms. The van der Waals surface area contributed by atoms with E-state index < -0.39 is 0 Å². The predicted octanol–water partition coefficient (Wildman–Crippen LogP) is 1.25. The maximum atomic E-state index is 11.2. The maximum Gasteiger partial charge on any atom is 0.336 e. The Labute approximate surface area is 76.3 Å². The molecule has 0 saturated carbocycles. The van der Waals surface area contributed by atoms with Crippen LogP contribution in [0.2, 0.25) is 0 Å². The monoisotopic (exact) mass is 187 g/mol. The second-order valence-electron chi connectivity index (χ2n) is 2.70. The highest BCUT2D eigenvalue weighted by molar-refractivity contribution is 8.03. The summed E-state index contributed by atoms with van der Waals surface area (Å²) in [6.45, 7) is 4.25. The van der Waals surface area contributed by atoms with E-state index in [1.807, 2.05) is 6.92 Å². The number of rotatable bonds is 2. The molecule has 0 amide bonds. The van der Waals surface area contributed by atoms with E-state index in [2.05, 4.69) is 0 Å². The van der Waals surface area contributed by atoms with Crippen molar-refractivity contribution in [3.8, 4) is 0 Å². The van der Waals surface area contributed by atoms with Crippen molar-refractivity contribution in [2.45, 2.75) is 25.5 Å². The second kappa shape index (κ2) is 3.85. The van der Waals surface area contributed by atoms with Crippen molar-refractivity contribution in [1.82, 2.24) is 0 Å². The van der Waals surface area contributed by atoms with Crippen LogP contribution in [0.3, 0.4) is 0 Å². The second-order valence-corrected chi connectivity index (χ2v) is 4.18. The molecule has 2 N–H and O–H groups in total. The Balaban J connectivity index is 2.62. The van der Waals surface area contributed by atoms with Crippen LogP contribution in [0.25, 0.3) is 0 Å². The summed E-state index contributed by atoms with van der Waals surface area (Å²) >= 11 is 1.54. The Morgan fingerprint density at radius 2 is 2.50 bits per heavy atom. The number of hydrogen-bond acceptors (Lipinski definition) is 4. The number of nitrogens with two attached hydrogens (primary N) is 1. The molecular weight excluding hydrogens is 174 g/mol. The minimum atomic E-state index is -0.258. The average Bonchev–Trinajstić information content (AvgIpc) is 2.30. The fourth-order valence-corrected chi connectivity index (χ4v) is 2.11. The van der Waals surface area contributed by atoms with Crippen LogP contribution in [-0.4, -0.2) is 17.8 Å². The Morgan fingerprint density at radius 3 is 2.92 bits per heavy atom. The van der Waals surface area contributed by atoms with Gasteiger partial charge in [-0.2, -0.15) is 0 Å². The molecule has 0 aromatic rings. The van der Waals surface area contributed by atoms with Gasteiger partial charge >= 0.3 is 5.97 Å². The summed E-state index contributed by atoms with van der Waals surface area (Å²) < 4.78 is 4.85. The molecule has 1 heterocycles. The first-order valence-electron chi connectivity index (χ1n) is 3.97. The SMILES string of the molecule is CCOC(=O)C1=C(N)SC(C)C1. The molecule has 1 unspecified atom stereocenters. The third kappa shape index (κ3) is 1.94. The van der Waals surface area contributed by atoms with E-state index in [-0.39, 0.29) is 5.97 Å². The molecule has 0 fully saturated rings. The van der Waals surface area contributed by atoms with Crippen LogP contribution in [-0.2, 0) is 9.53 Å². The fraction of sp³-hybridized carbons (Fsp3) is 0.625. The van der Waals surface area contributed by atoms with Crippen LogP contribution in [0.4, 0.5) is 0 Å². The molecule has 68 valence electrons. The van der Waals surface area contributed by atoms with Crippen molar-refractivity contribution in [1.29, 1.82) is 0 Å². The van der Waals surface area contributed by atoms with Gasteiger partial charge < -0.3 is 10.5 Å². The van der Waals surface area contributed by atoms with Crippen LogP contribution in [0.1, 0.15) is 20.3 Å². The Kier molecular flexibility index (Phi) is 3.03. The van der Waals surface area contributed by atoms with Crippen molar-refractivity contribution >= 4 is 17.7 Å². The quantitative estimate of drug-likeness (QED) is 0.661. The van der Waals surface area contributed by atoms with Crippen molar-refractivity contribution in [3.63, 3.8) is 0 Å². The standard InChI is InChI=1S/C8H13NO2S/c1-3-11-8(10)6-4-5(2)12-7(6)9/h5H,3-4,9H2,1-2H3. The highest BCUT2D eigenvalue weighted by atomic mass is 32.2. The van der Waals surface area contributed by atoms with Gasteiger partial charge in [-0.3, -0.25) is 0 Å². The van der Waals surface area contributed by atoms with Crippen LogP contribution in [0.15, 0.2) is 10.6 Å². The molecule has 1 aliphatic heterocycles. The number of thioether (sulfide) groups is 1. The summed E-state index contributed by atoms with van der Waals surface area (Å²) in [5.74, 6) is -0.258. The van der Waals surface area contributed by atoms with Gasteiger partial charge in [0.05, 0.1) is 17.2 Å². The number of esters is 1. The van der Waals surface area contributed by atoms with Crippen molar-refractivity contribution in [3.05, 3.63) is 10.6 Å². The third-order valence-corrected chi connectivity index (χ3v) is 2.71. The predicted molar refractivity (Wildman–Crippen MR) is 49.5 cm³/mol. The topological polar surface area (TPSA) is 52.3 Å². The lowest BCUT2D eigenvalue weighted by molar-refractivity contribution is -0.138. The number of carbonyl (C=O) groups is 1. The van der Waals surface area contributed by atoms with Gasteiger partial charge in [-0.25, -0.2) is 4.79 Å². The van der Waals surface area contributed by atoms with E-state index in [0.29, 0.717) is 22.5 Å². The lowest BCUT2D eigenvalue weighted by Crippen LogP contribution is -2.10. The van der Waals surface area contributed by atoms with Crippen LogP contribution < -0.4 is 5.73 Å². The van der Waals surface area contributed by atoms with Gasteiger partial charge in [0.1, 0.15) is 0 Å². The Morgan fingerprint density at radius 1 is 1.83 bits per heavy atom. The summed E-state index contributed by atoms with van der Waals surface area (Å²) in [6.07, 6.45) is 0.731. The van der Waals surface area contributed by atoms with Gasteiger partial charge in [0, 0.05) is 5.25 Å². The van der Waals surface area contributed by atoms with Crippen LogP contribution in [0, 0.1) is 0 Å². The number of ether oxygens (including phenoxy) is 1. The minimum absolute atomic E-state index is 0.258. The van der Waals surface area contributed by atoms with E-state index in [1.54, 1.807) is 6.92 Å². The first-order chi connectivity index (χ1) is 5.65. The Bertz CT molecular complexity index is 225. The van der Waals surface area contributed by atoms with E-state index in [0.717, 1.165) is 6.42 Å². The smallest absolute Gasteiger partial charge is 0.336 e. The van der Waals surface area contributed by atoms with Gasteiger partial charge in [-0.05, 0) is 13.3 Å². The molecule has 0 spiro atoms. The number of carbonyl (C=O) groups excluding carboxylic acids is 1. The zero-order chi connectivity index (χ0) is 9.14. The molecule has 0 aromatic carbocycles. The summed E-state index contributed by atoms with van der Waals surface area (Å²) in [5.41, 5.74) is 6.29. The summed E-state index contributed by atoms with van der Waals surface area (Å²) in [6, 6.07) is 0. The number of hydrogen-bond donors (Lipinski definition) is 1. The molecule has 0 aromatic heterocycles. The molecule has 1 atom stereocenters. The summed E-state index contributed by atoms with van der Waals surface area (Å²) in [5, 5.41) is 1.03. The van der Waals surface area contributed by atoms with Crippen molar-refractivity contribution in [2.75, 3.05) is 6.61 Å². The third-order valence-electron chi connectivity index (χ3n) is 1.64. The molecular formula is C8H13NO2S. The van der Waals surface area contributed by atoms with E-state index in [9.17, 15) is 4.79 Å². The minimum Gasteiger partial charge on any atom is -0.463 e. The molecule has 0 bridgehead atoms. The van der Waals surface area contributed by atoms with Gasteiger partial charge in [0.15, 0.2) is 0 Å². The van der Waals surface area contributed by atoms with E-state index in [4.69, 9.17) is 10.5 Å². The molecule has 0 aliphatic carbocycles. The molecule has 0 saturated heterocycles. The highest BCUT2D eigenvalue weighted by Gasteiger charge is 2.25. The molecule has 3 nitrogen and oxygen atoms in total. The maximum absolute atomic E-state index is 11.2.